The Morgan fingerprint density at radius 1 is 1.13 bits per heavy atom. The summed E-state index contributed by atoms with van der Waals surface area (Å²) in [6.45, 7) is 3.41. The zero-order valence-electron chi connectivity index (χ0n) is 17.9. The first-order valence-electron chi connectivity index (χ1n) is 10.2. The molecule has 0 radical (unpaired) electrons. The van der Waals surface area contributed by atoms with Crippen LogP contribution in [-0.4, -0.2) is 51.8 Å². The highest BCUT2D eigenvalue weighted by Gasteiger charge is 2.22. The van der Waals surface area contributed by atoms with Crippen molar-refractivity contribution in [2.75, 3.05) is 38.7 Å². The molecule has 0 fully saturated rings. The third-order valence-corrected chi connectivity index (χ3v) is 5.00. The molecular formula is C23H30N4O3. The topological polar surface area (TPSA) is 75.2 Å². The number of fused-ring (bicyclic) bond motifs is 1. The van der Waals surface area contributed by atoms with Crippen molar-refractivity contribution in [2.24, 2.45) is 4.99 Å². The number of nitrogens with one attached hydrogen (secondary N) is 2. The van der Waals surface area contributed by atoms with Gasteiger partial charge in [0, 0.05) is 19.3 Å². The van der Waals surface area contributed by atoms with Gasteiger partial charge in [0.15, 0.2) is 17.5 Å². The maximum atomic E-state index is 12.8. The van der Waals surface area contributed by atoms with Gasteiger partial charge in [0.25, 0.3) is 0 Å². The van der Waals surface area contributed by atoms with Crippen molar-refractivity contribution in [3.8, 4) is 11.5 Å². The van der Waals surface area contributed by atoms with Gasteiger partial charge in [-0.3, -0.25) is 9.79 Å². The molecule has 30 heavy (non-hydrogen) atoms. The van der Waals surface area contributed by atoms with Crippen LogP contribution in [0.25, 0.3) is 0 Å². The molecule has 1 unspecified atom stereocenters. The molecule has 0 aliphatic carbocycles. The van der Waals surface area contributed by atoms with Crippen molar-refractivity contribution >= 4 is 17.6 Å². The molecule has 160 valence electrons. The quantitative estimate of drug-likeness (QED) is 0.542. The second-order valence-corrected chi connectivity index (χ2v) is 7.16. The largest absolute Gasteiger partial charge is 0.493 e. The van der Waals surface area contributed by atoms with Crippen molar-refractivity contribution in [1.29, 1.82) is 0 Å². The summed E-state index contributed by atoms with van der Waals surface area (Å²) in [6.07, 6.45) is 1.87. The number of nitrogens with zero attached hydrogens (tertiary/aromatic N) is 2. The fraction of sp³-hybridized carbons (Fsp3) is 0.391. The number of aliphatic imine (C=N–C) groups is 1. The van der Waals surface area contributed by atoms with Gasteiger partial charge in [-0.25, -0.2) is 0 Å². The molecule has 7 nitrogen and oxygen atoms in total. The van der Waals surface area contributed by atoms with E-state index in [1.54, 1.807) is 14.2 Å². The maximum absolute atomic E-state index is 12.8. The summed E-state index contributed by atoms with van der Waals surface area (Å²) in [6, 6.07) is 15.6. The van der Waals surface area contributed by atoms with Crippen LogP contribution in [-0.2, 0) is 11.2 Å². The highest BCUT2D eigenvalue weighted by molar-refractivity contribution is 5.98. The van der Waals surface area contributed by atoms with Gasteiger partial charge in [-0.1, -0.05) is 30.3 Å². The van der Waals surface area contributed by atoms with E-state index in [4.69, 9.17) is 9.47 Å². The van der Waals surface area contributed by atoms with E-state index in [-0.39, 0.29) is 18.6 Å². The number of anilines is 1. The van der Waals surface area contributed by atoms with E-state index in [9.17, 15) is 4.79 Å². The van der Waals surface area contributed by atoms with Gasteiger partial charge in [0.2, 0.25) is 5.91 Å². The molecule has 1 heterocycles. The third kappa shape index (κ3) is 5.43. The van der Waals surface area contributed by atoms with Gasteiger partial charge in [-0.2, -0.15) is 0 Å². The summed E-state index contributed by atoms with van der Waals surface area (Å²) in [4.78, 5) is 18.8. The molecule has 0 saturated carbocycles. The molecule has 0 spiro atoms. The van der Waals surface area contributed by atoms with Crippen molar-refractivity contribution in [2.45, 2.75) is 25.9 Å². The summed E-state index contributed by atoms with van der Waals surface area (Å²) in [7, 11) is 3.30. The van der Waals surface area contributed by atoms with Crippen LogP contribution in [0.15, 0.2) is 53.5 Å². The number of rotatable bonds is 7. The van der Waals surface area contributed by atoms with Gasteiger partial charge in [0.1, 0.15) is 6.10 Å². The van der Waals surface area contributed by atoms with E-state index < -0.39 is 0 Å². The standard InChI is InChI=1S/C23H30N4O3/c1-17(30-21-13-7-6-12-20(21)29-3)15-25-23(24-2)26-16-22(28)27-14-8-10-18-9-4-5-11-19(18)27/h4-7,9,11-13,17H,8,10,14-16H2,1-3H3,(H2,24,25,26). The molecule has 2 aromatic rings. The lowest BCUT2D eigenvalue weighted by Crippen LogP contribution is -2.47. The van der Waals surface area contributed by atoms with Crippen molar-refractivity contribution in [1.82, 2.24) is 10.6 Å². The number of aryl methyl sites for hydroxylation is 1. The predicted molar refractivity (Wildman–Crippen MR) is 120 cm³/mol. The first-order valence-corrected chi connectivity index (χ1v) is 10.2. The van der Waals surface area contributed by atoms with E-state index in [0.29, 0.717) is 24.0 Å². The Hall–Kier alpha value is -3.22. The van der Waals surface area contributed by atoms with Gasteiger partial charge in [-0.15, -0.1) is 0 Å². The van der Waals surface area contributed by atoms with Crippen LogP contribution in [0.3, 0.4) is 0 Å². The highest BCUT2D eigenvalue weighted by Crippen LogP contribution is 2.27. The molecule has 1 amide bonds. The van der Waals surface area contributed by atoms with E-state index >= 15 is 0 Å². The van der Waals surface area contributed by atoms with E-state index in [0.717, 1.165) is 25.1 Å². The summed E-state index contributed by atoms with van der Waals surface area (Å²) >= 11 is 0. The number of hydrogen-bond donors (Lipinski definition) is 2. The first kappa shape index (κ1) is 21.5. The fourth-order valence-electron chi connectivity index (χ4n) is 3.48. The summed E-state index contributed by atoms with van der Waals surface area (Å²) < 4.78 is 11.3. The fourth-order valence-corrected chi connectivity index (χ4v) is 3.48. The smallest absolute Gasteiger partial charge is 0.246 e. The van der Waals surface area contributed by atoms with Crippen LogP contribution in [0.5, 0.6) is 11.5 Å². The van der Waals surface area contributed by atoms with Crippen LogP contribution in [0, 0.1) is 0 Å². The Labute approximate surface area is 178 Å². The minimum Gasteiger partial charge on any atom is -0.493 e. The van der Waals surface area contributed by atoms with Crippen LogP contribution < -0.4 is 25.0 Å². The maximum Gasteiger partial charge on any atom is 0.246 e. The molecule has 2 N–H and O–H groups in total. The third-order valence-electron chi connectivity index (χ3n) is 5.00. The van der Waals surface area contributed by atoms with E-state index in [1.165, 1.54) is 5.56 Å². The molecule has 2 aromatic carbocycles. The molecule has 1 aliphatic heterocycles. The summed E-state index contributed by atoms with van der Waals surface area (Å²) in [5, 5.41) is 6.31. The summed E-state index contributed by atoms with van der Waals surface area (Å²) in [5.74, 6) is 1.97. The van der Waals surface area contributed by atoms with Crippen LogP contribution in [0.4, 0.5) is 5.69 Å². The van der Waals surface area contributed by atoms with E-state index in [1.807, 2.05) is 54.3 Å². The summed E-state index contributed by atoms with van der Waals surface area (Å²) in [5.41, 5.74) is 2.24. The first-order chi connectivity index (χ1) is 14.6. The molecule has 7 heteroatoms. The predicted octanol–water partition coefficient (Wildman–Crippen LogP) is 2.61. The monoisotopic (exact) mass is 410 g/mol. The number of carbonyl (C=O) groups excluding carboxylic acids is 1. The lowest BCUT2D eigenvalue weighted by atomic mass is 10.0. The minimum absolute atomic E-state index is 0.0309. The zero-order valence-corrected chi connectivity index (χ0v) is 17.9. The lowest BCUT2D eigenvalue weighted by molar-refractivity contribution is -0.117. The number of benzene rings is 2. The van der Waals surface area contributed by atoms with Crippen LogP contribution in [0.2, 0.25) is 0 Å². The molecule has 0 bridgehead atoms. The number of para-hydroxylation sites is 3. The lowest BCUT2D eigenvalue weighted by Gasteiger charge is -2.29. The highest BCUT2D eigenvalue weighted by atomic mass is 16.5. The van der Waals surface area contributed by atoms with Gasteiger partial charge >= 0.3 is 0 Å². The van der Waals surface area contributed by atoms with Gasteiger partial charge < -0.3 is 25.0 Å². The number of hydrogen-bond acceptors (Lipinski definition) is 4. The van der Waals surface area contributed by atoms with Crippen LogP contribution >= 0.6 is 0 Å². The van der Waals surface area contributed by atoms with Gasteiger partial charge in [0.05, 0.1) is 20.2 Å². The molecule has 3 rings (SSSR count). The number of amides is 1. The Kier molecular flexibility index (Phi) is 7.54. The average Bonchev–Trinajstić information content (AvgIpc) is 2.79. The SMILES string of the molecule is CN=C(NCC(=O)N1CCCc2ccccc21)NCC(C)Oc1ccccc1OC. The molecule has 0 aromatic heterocycles. The van der Waals surface area contributed by atoms with E-state index in [2.05, 4.69) is 21.7 Å². The number of carbonyl (C=O) groups is 1. The minimum atomic E-state index is -0.121. The second kappa shape index (κ2) is 10.5. The van der Waals surface area contributed by atoms with Crippen molar-refractivity contribution in [3.05, 3.63) is 54.1 Å². The number of methoxy groups -OCH3 is 1. The van der Waals surface area contributed by atoms with Crippen LogP contribution in [0.1, 0.15) is 18.9 Å². The normalized spacial score (nSPS) is 14.5. The molecule has 1 aliphatic rings. The molecule has 0 saturated heterocycles. The number of guanidine groups is 1. The number of ether oxygens (including phenoxy) is 2. The second-order valence-electron chi connectivity index (χ2n) is 7.16. The Morgan fingerprint density at radius 3 is 2.63 bits per heavy atom. The molecular weight excluding hydrogens is 380 g/mol. The Morgan fingerprint density at radius 2 is 1.87 bits per heavy atom. The van der Waals surface area contributed by atoms with Gasteiger partial charge in [-0.05, 0) is 43.5 Å². The Balaban J connectivity index is 1.49. The van der Waals surface area contributed by atoms with Crippen molar-refractivity contribution in [3.63, 3.8) is 0 Å². The zero-order chi connectivity index (χ0) is 21.3. The van der Waals surface area contributed by atoms with Crippen molar-refractivity contribution < 1.29 is 14.3 Å². The Bertz CT molecular complexity index is 884. The molecule has 1 atom stereocenters. The average molecular weight is 411 g/mol.